The smallest absolute Gasteiger partial charge is 0.277 e. The Morgan fingerprint density at radius 2 is 2.09 bits per heavy atom. The average molecular weight is 491 g/mol. The molecule has 2 aromatic rings. The van der Waals surface area contributed by atoms with Crippen LogP contribution >= 0.6 is 11.8 Å². The zero-order valence-electron chi connectivity index (χ0n) is 17.4. The van der Waals surface area contributed by atoms with Gasteiger partial charge in [-0.15, -0.1) is 0 Å². The molecule has 0 spiro atoms. The maximum Gasteiger partial charge on any atom is 0.277 e. The van der Waals surface area contributed by atoms with E-state index in [4.69, 9.17) is 9.88 Å². The van der Waals surface area contributed by atoms with Crippen molar-refractivity contribution in [2.45, 2.75) is 48.9 Å². The molecule has 176 valence electrons. The number of hydrogen-bond donors (Lipinski definition) is 3. The Hall–Kier alpha value is -1.90. The molecule has 1 aliphatic rings. The first kappa shape index (κ1) is 24.7. The maximum absolute atomic E-state index is 14.0. The molecule has 0 saturated carbocycles. The van der Waals surface area contributed by atoms with Crippen molar-refractivity contribution >= 4 is 22.0 Å². The zero-order chi connectivity index (χ0) is 23.7. The van der Waals surface area contributed by atoms with Crippen molar-refractivity contribution in [2.24, 2.45) is 5.14 Å². The first-order valence-corrected chi connectivity index (χ1v) is 12.1. The Morgan fingerprint density at radius 1 is 1.38 bits per heavy atom. The number of nitrogens with zero attached hydrogens (tertiary/aromatic N) is 3. The third kappa shape index (κ3) is 5.53. The number of rotatable bonds is 9. The van der Waals surface area contributed by atoms with Crippen LogP contribution in [0.4, 0.5) is 8.78 Å². The Labute approximate surface area is 188 Å². The molecule has 3 rings (SSSR count). The highest BCUT2D eigenvalue weighted by Gasteiger charge is 2.39. The van der Waals surface area contributed by atoms with Crippen molar-refractivity contribution in [3.05, 3.63) is 47.2 Å². The van der Waals surface area contributed by atoms with Crippen LogP contribution < -0.4 is 9.88 Å². The fourth-order valence-electron chi connectivity index (χ4n) is 3.03. The molecule has 1 fully saturated rings. The molecule has 1 unspecified atom stereocenters. The van der Waals surface area contributed by atoms with E-state index in [1.807, 2.05) is 0 Å². The van der Waals surface area contributed by atoms with Crippen LogP contribution in [0.15, 0.2) is 29.4 Å². The van der Waals surface area contributed by atoms with E-state index in [9.17, 15) is 27.4 Å². The second-order valence-corrected chi connectivity index (χ2v) is 10.2. The Kier molecular flexibility index (Phi) is 7.37. The molecule has 4 N–H and O–H groups in total. The summed E-state index contributed by atoms with van der Waals surface area (Å²) in [6.45, 7) is 2.78. The summed E-state index contributed by atoms with van der Waals surface area (Å²) >= 11 is 1.01. The topological polar surface area (TPSA) is 139 Å². The number of aliphatic hydroxyl groups is 2. The van der Waals surface area contributed by atoms with E-state index < -0.39 is 46.2 Å². The highest BCUT2D eigenvalue weighted by atomic mass is 32.2. The molecular formula is C19H24F2N4O5S2. The van der Waals surface area contributed by atoms with Gasteiger partial charge in [0.05, 0.1) is 18.3 Å². The second kappa shape index (κ2) is 9.53. The van der Waals surface area contributed by atoms with Crippen molar-refractivity contribution in [1.82, 2.24) is 14.3 Å². The van der Waals surface area contributed by atoms with Gasteiger partial charge < -0.3 is 14.9 Å². The summed E-state index contributed by atoms with van der Waals surface area (Å²) in [6, 6.07) is 4.63. The number of aromatic nitrogens is 2. The van der Waals surface area contributed by atoms with Gasteiger partial charge in [-0.3, -0.25) is 0 Å². The largest absolute Gasteiger partial charge is 0.469 e. The first-order chi connectivity index (χ1) is 14.9. The van der Waals surface area contributed by atoms with E-state index in [1.54, 1.807) is 13.8 Å². The summed E-state index contributed by atoms with van der Waals surface area (Å²) in [7, 11) is -3.95. The van der Waals surface area contributed by atoms with Gasteiger partial charge >= 0.3 is 0 Å². The number of hydrogen-bond acceptors (Lipinski definition) is 8. The number of aliphatic hydroxyl groups excluding tert-OH is 2. The highest BCUT2D eigenvalue weighted by molar-refractivity contribution is 7.98. The predicted molar refractivity (Wildman–Crippen MR) is 113 cm³/mol. The molecular weight excluding hydrogens is 466 g/mol. The van der Waals surface area contributed by atoms with E-state index in [-0.39, 0.29) is 28.9 Å². The molecule has 2 heterocycles. The molecule has 0 radical (unpaired) electrons. The fourth-order valence-corrected chi connectivity index (χ4v) is 4.79. The lowest BCUT2D eigenvalue weighted by Crippen LogP contribution is -2.48. The quantitative estimate of drug-likeness (QED) is 0.355. The normalized spacial score (nSPS) is 18.3. The van der Waals surface area contributed by atoms with Crippen LogP contribution in [0.2, 0.25) is 0 Å². The second-order valence-electron chi connectivity index (χ2n) is 7.78. The minimum atomic E-state index is -3.95. The number of benzene rings is 1. The monoisotopic (exact) mass is 490 g/mol. The molecule has 1 saturated heterocycles. The van der Waals surface area contributed by atoms with Gasteiger partial charge in [0.1, 0.15) is 11.7 Å². The van der Waals surface area contributed by atoms with Crippen molar-refractivity contribution < 1.29 is 32.1 Å². The maximum atomic E-state index is 14.0. The SMILES string of the molecule is CC(C)(Oc1cc(C2CCN2S(N)(=O)=O)nc(SCc2cccc(F)c2F)n1)[C@@H](O)CO. The summed E-state index contributed by atoms with van der Waals surface area (Å²) in [5.41, 5.74) is -0.806. The van der Waals surface area contributed by atoms with Gasteiger partial charge in [0.25, 0.3) is 10.2 Å². The molecule has 32 heavy (non-hydrogen) atoms. The zero-order valence-corrected chi connectivity index (χ0v) is 19.0. The average Bonchev–Trinajstić information content (AvgIpc) is 2.65. The number of thioether (sulfide) groups is 1. The minimum Gasteiger partial charge on any atom is -0.469 e. The van der Waals surface area contributed by atoms with Crippen molar-refractivity contribution in [1.29, 1.82) is 0 Å². The Bertz CT molecular complexity index is 1090. The van der Waals surface area contributed by atoms with E-state index in [2.05, 4.69) is 9.97 Å². The first-order valence-electron chi connectivity index (χ1n) is 9.64. The van der Waals surface area contributed by atoms with Crippen molar-refractivity contribution in [3.63, 3.8) is 0 Å². The summed E-state index contributed by atoms with van der Waals surface area (Å²) < 4.78 is 57.9. The van der Waals surface area contributed by atoms with Gasteiger partial charge in [-0.2, -0.15) is 17.7 Å². The molecule has 13 heteroatoms. The van der Waals surface area contributed by atoms with Gasteiger partial charge in [0, 0.05) is 23.9 Å². The molecule has 1 aliphatic heterocycles. The molecule has 0 bridgehead atoms. The lowest BCUT2D eigenvalue weighted by Gasteiger charge is -2.38. The summed E-state index contributed by atoms with van der Waals surface area (Å²) in [4.78, 5) is 8.62. The van der Waals surface area contributed by atoms with E-state index >= 15 is 0 Å². The third-order valence-electron chi connectivity index (χ3n) is 5.07. The molecule has 9 nitrogen and oxygen atoms in total. The van der Waals surface area contributed by atoms with Crippen molar-refractivity contribution in [2.75, 3.05) is 13.2 Å². The van der Waals surface area contributed by atoms with Crippen LogP contribution in [0.5, 0.6) is 5.88 Å². The molecule has 0 aliphatic carbocycles. The number of halogens is 2. The van der Waals surface area contributed by atoms with E-state index in [0.29, 0.717) is 12.1 Å². The van der Waals surface area contributed by atoms with Crippen LogP contribution in [0, 0.1) is 11.6 Å². The Morgan fingerprint density at radius 3 is 2.69 bits per heavy atom. The summed E-state index contributed by atoms with van der Waals surface area (Å²) in [6.07, 6.45) is -0.749. The van der Waals surface area contributed by atoms with Gasteiger partial charge in [-0.25, -0.2) is 18.9 Å². The number of ether oxygens (including phenoxy) is 1. The standard InChI is InChI=1S/C19H24F2N4O5S2/c1-19(2,15(27)9-26)30-16-8-13(14-6-7-25(14)32(22,28)29)23-18(24-16)31-10-11-4-3-5-12(20)17(11)21/h3-5,8,14-15,26-27H,6-7,9-10H2,1-2H3,(H2,22,28,29)/t14?,15-/m0/s1. The van der Waals surface area contributed by atoms with Gasteiger partial charge in [0.2, 0.25) is 5.88 Å². The van der Waals surface area contributed by atoms with Crippen LogP contribution in [0.25, 0.3) is 0 Å². The molecule has 1 aromatic carbocycles. The molecule has 0 amide bonds. The van der Waals surface area contributed by atoms with Crippen LogP contribution in [0.3, 0.4) is 0 Å². The van der Waals surface area contributed by atoms with E-state index in [0.717, 1.165) is 22.1 Å². The van der Waals surface area contributed by atoms with Crippen LogP contribution in [0.1, 0.15) is 37.6 Å². The summed E-state index contributed by atoms with van der Waals surface area (Å²) in [5, 5.41) is 24.6. The summed E-state index contributed by atoms with van der Waals surface area (Å²) in [5.74, 6) is -1.91. The van der Waals surface area contributed by atoms with Crippen LogP contribution in [-0.2, 0) is 16.0 Å². The lowest BCUT2D eigenvalue weighted by molar-refractivity contribution is -0.0568. The third-order valence-corrected chi connectivity index (χ3v) is 7.06. The van der Waals surface area contributed by atoms with Crippen molar-refractivity contribution in [3.8, 4) is 5.88 Å². The number of nitrogens with two attached hydrogens (primary N) is 1. The van der Waals surface area contributed by atoms with Gasteiger partial charge in [-0.05, 0) is 26.3 Å². The van der Waals surface area contributed by atoms with Gasteiger partial charge in [0.15, 0.2) is 16.8 Å². The highest BCUT2D eigenvalue weighted by Crippen LogP contribution is 2.36. The Balaban J connectivity index is 1.92. The predicted octanol–water partition coefficient (Wildman–Crippen LogP) is 1.51. The minimum absolute atomic E-state index is 0.0126. The van der Waals surface area contributed by atoms with Crippen LogP contribution in [-0.4, -0.2) is 57.8 Å². The van der Waals surface area contributed by atoms with E-state index in [1.165, 1.54) is 18.2 Å². The molecule has 2 atom stereocenters. The van der Waals surface area contributed by atoms with Gasteiger partial charge in [-0.1, -0.05) is 23.9 Å². The molecule has 1 aromatic heterocycles. The lowest BCUT2D eigenvalue weighted by atomic mass is 10.0. The fraction of sp³-hybridized carbons (Fsp3) is 0.474.